The quantitative estimate of drug-likeness (QED) is 0.800. The number of morpholine rings is 1. The van der Waals surface area contributed by atoms with Crippen LogP contribution in [-0.4, -0.2) is 24.7 Å². The maximum absolute atomic E-state index is 5.68. The normalized spacial score (nSPS) is 26.9. The van der Waals surface area contributed by atoms with Crippen LogP contribution >= 0.6 is 0 Å². The highest BCUT2D eigenvalue weighted by molar-refractivity contribution is 5.19. The maximum Gasteiger partial charge on any atom is 0.225 e. The Bertz CT molecular complexity index is 351. The summed E-state index contributed by atoms with van der Waals surface area (Å²) in [7, 11) is 0. The standard InChI is InChI=1S/C11H16N2O2/c1-7-10(8-2-3-8)13-11(15-7)9-6-12-4-5-14-9/h8-9,12H,2-6H2,1H3. The molecule has 2 heterocycles. The lowest BCUT2D eigenvalue weighted by atomic mass is 10.2. The molecule has 0 amide bonds. The van der Waals surface area contributed by atoms with Gasteiger partial charge in [-0.15, -0.1) is 0 Å². The number of oxazole rings is 1. The zero-order valence-electron chi connectivity index (χ0n) is 8.95. The Hall–Kier alpha value is -0.870. The van der Waals surface area contributed by atoms with Crippen molar-refractivity contribution in [3.8, 4) is 0 Å². The molecule has 4 nitrogen and oxygen atoms in total. The molecule has 1 aromatic rings. The predicted octanol–water partition coefficient (Wildman–Crippen LogP) is 1.52. The minimum atomic E-state index is 0.00458. The fraction of sp³-hybridized carbons (Fsp3) is 0.727. The van der Waals surface area contributed by atoms with Crippen LogP contribution in [0.3, 0.4) is 0 Å². The van der Waals surface area contributed by atoms with Crippen LogP contribution < -0.4 is 5.32 Å². The third-order valence-electron chi connectivity index (χ3n) is 3.02. The second-order valence-electron chi connectivity index (χ2n) is 4.33. The minimum Gasteiger partial charge on any atom is -0.443 e. The van der Waals surface area contributed by atoms with Crippen LogP contribution in [0, 0.1) is 6.92 Å². The first-order valence-corrected chi connectivity index (χ1v) is 5.64. The van der Waals surface area contributed by atoms with Gasteiger partial charge >= 0.3 is 0 Å². The molecule has 0 spiro atoms. The number of nitrogens with zero attached hydrogens (tertiary/aromatic N) is 1. The van der Waals surface area contributed by atoms with E-state index >= 15 is 0 Å². The fourth-order valence-corrected chi connectivity index (χ4v) is 2.03. The summed E-state index contributed by atoms with van der Waals surface area (Å²) in [6.45, 7) is 4.47. The molecule has 1 aliphatic carbocycles. The molecule has 1 atom stereocenters. The molecule has 15 heavy (non-hydrogen) atoms. The number of nitrogens with one attached hydrogen (secondary N) is 1. The molecule has 1 saturated heterocycles. The zero-order chi connectivity index (χ0) is 10.3. The lowest BCUT2D eigenvalue weighted by molar-refractivity contribution is 0.0104. The van der Waals surface area contributed by atoms with Crippen LogP contribution in [0.5, 0.6) is 0 Å². The topological polar surface area (TPSA) is 47.3 Å². The molecule has 0 radical (unpaired) electrons. The average molecular weight is 208 g/mol. The molecule has 0 aromatic carbocycles. The van der Waals surface area contributed by atoms with Crippen molar-refractivity contribution >= 4 is 0 Å². The van der Waals surface area contributed by atoms with E-state index in [9.17, 15) is 0 Å². The Morgan fingerprint density at radius 2 is 2.27 bits per heavy atom. The first-order chi connectivity index (χ1) is 7.34. The Balaban J connectivity index is 1.81. The van der Waals surface area contributed by atoms with Crippen molar-refractivity contribution in [2.45, 2.75) is 31.8 Å². The number of hydrogen-bond acceptors (Lipinski definition) is 4. The number of aryl methyl sites for hydroxylation is 1. The fourth-order valence-electron chi connectivity index (χ4n) is 2.03. The SMILES string of the molecule is Cc1oc(C2CNCCO2)nc1C1CC1. The van der Waals surface area contributed by atoms with E-state index in [2.05, 4.69) is 10.3 Å². The van der Waals surface area contributed by atoms with E-state index in [1.807, 2.05) is 6.92 Å². The van der Waals surface area contributed by atoms with Gasteiger partial charge in [0.05, 0.1) is 12.3 Å². The van der Waals surface area contributed by atoms with E-state index in [1.165, 1.54) is 12.8 Å². The number of ether oxygens (including phenoxy) is 1. The van der Waals surface area contributed by atoms with Crippen LogP contribution in [0.15, 0.2) is 4.42 Å². The van der Waals surface area contributed by atoms with Gasteiger partial charge in [-0.05, 0) is 19.8 Å². The van der Waals surface area contributed by atoms with Crippen LogP contribution in [0.4, 0.5) is 0 Å². The van der Waals surface area contributed by atoms with Crippen LogP contribution in [-0.2, 0) is 4.74 Å². The summed E-state index contributed by atoms with van der Waals surface area (Å²) in [5.74, 6) is 2.38. The molecule has 2 fully saturated rings. The van der Waals surface area contributed by atoms with Gasteiger partial charge in [0.1, 0.15) is 11.9 Å². The maximum atomic E-state index is 5.68. The summed E-state index contributed by atoms with van der Waals surface area (Å²) >= 11 is 0. The first kappa shape index (κ1) is 9.36. The van der Waals surface area contributed by atoms with Crippen molar-refractivity contribution in [2.75, 3.05) is 19.7 Å². The Labute approximate surface area is 89.0 Å². The highest BCUT2D eigenvalue weighted by Gasteiger charge is 2.31. The van der Waals surface area contributed by atoms with Crippen molar-refractivity contribution in [2.24, 2.45) is 0 Å². The molecule has 82 valence electrons. The lowest BCUT2D eigenvalue weighted by Crippen LogP contribution is -2.33. The van der Waals surface area contributed by atoms with Gasteiger partial charge in [0.2, 0.25) is 5.89 Å². The summed E-state index contributed by atoms with van der Waals surface area (Å²) in [6.07, 6.45) is 2.53. The highest BCUT2D eigenvalue weighted by Crippen LogP contribution is 2.41. The van der Waals surface area contributed by atoms with Gasteiger partial charge in [-0.2, -0.15) is 0 Å². The molecule has 1 unspecified atom stereocenters. The van der Waals surface area contributed by atoms with Gasteiger partial charge in [-0.25, -0.2) is 4.98 Å². The van der Waals surface area contributed by atoms with E-state index < -0.39 is 0 Å². The van der Waals surface area contributed by atoms with Crippen molar-refractivity contribution in [1.82, 2.24) is 10.3 Å². The molecule has 3 rings (SSSR count). The van der Waals surface area contributed by atoms with E-state index in [0.29, 0.717) is 5.92 Å². The lowest BCUT2D eigenvalue weighted by Gasteiger charge is -2.20. The Morgan fingerprint density at radius 3 is 2.93 bits per heavy atom. The van der Waals surface area contributed by atoms with Crippen molar-refractivity contribution < 1.29 is 9.15 Å². The third-order valence-corrected chi connectivity index (χ3v) is 3.02. The second kappa shape index (κ2) is 3.61. The zero-order valence-corrected chi connectivity index (χ0v) is 8.95. The van der Waals surface area contributed by atoms with E-state index in [0.717, 1.165) is 37.0 Å². The molecule has 2 aliphatic rings. The Morgan fingerprint density at radius 1 is 1.40 bits per heavy atom. The molecule has 1 aliphatic heterocycles. The monoisotopic (exact) mass is 208 g/mol. The summed E-state index contributed by atoms with van der Waals surface area (Å²) in [6, 6.07) is 0. The average Bonchev–Trinajstić information content (AvgIpc) is 3.04. The van der Waals surface area contributed by atoms with Crippen LogP contribution in [0.2, 0.25) is 0 Å². The van der Waals surface area contributed by atoms with E-state index in [4.69, 9.17) is 9.15 Å². The van der Waals surface area contributed by atoms with E-state index in [1.54, 1.807) is 0 Å². The number of rotatable bonds is 2. The van der Waals surface area contributed by atoms with E-state index in [-0.39, 0.29) is 6.10 Å². The smallest absolute Gasteiger partial charge is 0.225 e. The van der Waals surface area contributed by atoms with Crippen LogP contribution in [0.25, 0.3) is 0 Å². The van der Waals surface area contributed by atoms with Gasteiger partial charge in [0, 0.05) is 19.0 Å². The summed E-state index contributed by atoms with van der Waals surface area (Å²) in [5, 5.41) is 3.28. The summed E-state index contributed by atoms with van der Waals surface area (Å²) in [4.78, 5) is 4.56. The van der Waals surface area contributed by atoms with Gasteiger partial charge < -0.3 is 14.5 Å². The molecule has 0 bridgehead atoms. The second-order valence-corrected chi connectivity index (χ2v) is 4.33. The first-order valence-electron chi connectivity index (χ1n) is 5.64. The molecular formula is C11H16N2O2. The van der Waals surface area contributed by atoms with Crippen molar-refractivity contribution in [3.05, 3.63) is 17.3 Å². The van der Waals surface area contributed by atoms with Crippen molar-refractivity contribution in [3.63, 3.8) is 0 Å². The van der Waals surface area contributed by atoms with Gasteiger partial charge in [0.25, 0.3) is 0 Å². The van der Waals surface area contributed by atoms with Gasteiger partial charge in [-0.1, -0.05) is 0 Å². The molecular weight excluding hydrogens is 192 g/mol. The molecule has 1 saturated carbocycles. The van der Waals surface area contributed by atoms with Gasteiger partial charge in [0.15, 0.2) is 0 Å². The summed E-state index contributed by atoms with van der Waals surface area (Å²) < 4.78 is 11.3. The Kier molecular flexibility index (Phi) is 2.25. The third kappa shape index (κ3) is 1.79. The predicted molar refractivity (Wildman–Crippen MR) is 54.8 cm³/mol. The molecule has 4 heteroatoms. The largest absolute Gasteiger partial charge is 0.443 e. The van der Waals surface area contributed by atoms with Crippen molar-refractivity contribution in [1.29, 1.82) is 0 Å². The molecule has 1 N–H and O–H groups in total. The minimum absolute atomic E-state index is 0.00458. The molecule has 1 aromatic heterocycles. The van der Waals surface area contributed by atoms with Gasteiger partial charge in [-0.3, -0.25) is 0 Å². The number of hydrogen-bond donors (Lipinski definition) is 1. The van der Waals surface area contributed by atoms with Crippen LogP contribution in [0.1, 0.15) is 42.2 Å². The summed E-state index contributed by atoms with van der Waals surface area (Å²) in [5.41, 5.74) is 1.15. The number of aromatic nitrogens is 1. The highest BCUT2D eigenvalue weighted by atomic mass is 16.5.